The highest BCUT2D eigenvalue weighted by atomic mass is 32.1. The highest BCUT2D eigenvalue weighted by Crippen LogP contribution is 2.22. The predicted octanol–water partition coefficient (Wildman–Crippen LogP) is 2.23. The van der Waals surface area contributed by atoms with Gasteiger partial charge in [-0.1, -0.05) is 6.07 Å². The maximum atomic E-state index is 12.2. The van der Waals surface area contributed by atoms with Crippen molar-refractivity contribution in [3.8, 4) is 0 Å². The van der Waals surface area contributed by atoms with Crippen LogP contribution in [0.1, 0.15) is 15.4 Å². The Morgan fingerprint density at radius 3 is 3.00 bits per heavy atom. The quantitative estimate of drug-likeness (QED) is 0.913. The van der Waals surface area contributed by atoms with Crippen LogP contribution in [0.25, 0.3) is 0 Å². The number of hydrogen-bond donors (Lipinski definition) is 2. The number of aryl methyl sites for hydroxylation is 1. The molecule has 1 saturated heterocycles. The average Bonchev–Trinajstić information content (AvgIpc) is 3.07. The van der Waals surface area contributed by atoms with E-state index in [2.05, 4.69) is 15.6 Å². The van der Waals surface area contributed by atoms with E-state index in [0.29, 0.717) is 29.3 Å². The molecule has 0 bridgehead atoms. The van der Waals surface area contributed by atoms with E-state index < -0.39 is 0 Å². The minimum Gasteiger partial charge on any atom is -0.336 e. The molecule has 0 spiro atoms. The molecule has 1 fully saturated rings. The molecular weight excluding hydrogens is 288 g/mol. The Balaban J connectivity index is 1.79. The summed E-state index contributed by atoms with van der Waals surface area (Å²) in [5.41, 5.74) is 3.79. The number of carbonyl (C=O) groups is 2. The number of aromatic nitrogens is 1. The van der Waals surface area contributed by atoms with Gasteiger partial charge < -0.3 is 10.6 Å². The predicted molar refractivity (Wildman–Crippen MR) is 82.0 cm³/mol. The molecule has 1 aliphatic heterocycles. The van der Waals surface area contributed by atoms with Crippen LogP contribution in [-0.2, 0) is 0 Å². The van der Waals surface area contributed by atoms with E-state index in [-0.39, 0.29) is 11.9 Å². The lowest BCUT2D eigenvalue weighted by molar-refractivity contribution is 0.103. The van der Waals surface area contributed by atoms with Crippen LogP contribution in [0, 0.1) is 6.92 Å². The summed E-state index contributed by atoms with van der Waals surface area (Å²) in [6.07, 6.45) is 0. The monoisotopic (exact) mass is 302 g/mol. The summed E-state index contributed by atoms with van der Waals surface area (Å²) in [5, 5.41) is 5.59. The third-order valence-corrected chi connectivity index (χ3v) is 4.15. The molecule has 0 radical (unpaired) electrons. The molecular formula is C14H14N4O2S. The van der Waals surface area contributed by atoms with E-state index in [1.807, 2.05) is 12.1 Å². The zero-order valence-electron chi connectivity index (χ0n) is 11.4. The first-order valence-corrected chi connectivity index (χ1v) is 7.40. The largest absolute Gasteiger partial charge is 0.336 e. The number of urea groups is 1. The van der Waals surface area contributed by atoms with E-state index in [1.165, 1.54) is 11.3 Å². The summed E-state index contributed by atoms with van der Waals surface area (Å²) in [6.45, 7) is 3.07. The van der Waals surface area contributed by atoms with Gasteiger partial charge in [-0.3, -0.25) is 9.69 Å². The molecule has 0 unspecified atom stereocenters. The van der Waals surface area contributed by atoms with Crippen LogP contribution < -0.4 is 15.5 Å². The topological polar surface area (TPSA) is 74.3 Å². The molecule has 108 valence electrons. The lowest BCUT2D eigenvalue weighted by Gasteiger charge is -2.15. The van der Waals surface area contributed by atoms with Crippen molar-refractivity contribution in [3.63, 3.8) is 0 Å². The highest BCUT2D eigenvalue weighted by molar-refractivity contribution is 7.12. The minimum atomic E-state index is -0.182. The second kappa shape index (κ2) is 5.53. The fourth-order valence-electron chi connectivity index (χ4n) is 2.18. The Hall–Kier alpha value is -2.41. The van der Waals surface area contributed by atoms with Crippen LogP contribution in [0.3, 0.4) is 0 Å². The summed E-state index contributed by atoms with van der Waals surface area (Å²) in [6, 6.07) is 7.14. The molecule has 3 rings (SSSR count). The Morgan fingerprint density at radius 1 is 1.48 bits per heavy atom. The molecule has 6 nitrogen and oxygen atoms in total. The van der Waals surface area contributed by atoms with Crippen LogP contribution in [-0.4, -0.2) is 30.0 Å². The van der Waals surface area contributed by atoms with E-state index >= 15 is 0 Å². The molecule has 7 heteroatoms. The van der Waals surface area contributed by atoms with Gasteiger partial charge in [0.05, 0.1) is 11.2 Å². The molecule has 1 aliphatic rings. The minimum absolute atomic E-state index is 0.114. The van der Waals surface area contributed by atoms with Crippen LogP contribution in [0.4, 0.5) is 16.2 Å². The van der Waals surface area contributed by atoms with Crippen molar-refractivity contribution in [1.29, 1.82) is 0 Å². The Morgan fingerprint density at radius 2 is 2.33 bits per heavy atom. The summed E-state index contributed by atoms with van der Waals surface area (Å²) in [5.74, 6) is -0.182. The molecule has 2 aromatic rings. The summed E-state index contributed by atoms with van der Waals surface area (Å²) in [7, 11) is 0. The van der Waals surface area contributed by atoms with E-state index in [4.69, 9.17) is 0 Å². The van der Waals surface area contributed by atoms with Crippen molar-refractivity contribution in [2.45, 2.75) is 6.92 Å². The normalized spacial score (nSPS) is 14.1. The average molecular weight is 302 g/mol. The van der Waals surface area contributed by atoms with Gasteiger partial charge >= 0.3 is 6.03 Å². The molecule has 21 heavy (non-hydrogen) atoms. The first-order chi connectivity index (χ1) is 10.1. The van der Waals surface area contributed by atoms with Gasteiger partial charge in [0, 0.05) is 24.5 Å². The van der Waals surface area contributed by atoms with Crippen molar-refractivity contribution < 1.29 is 9.59 Å². The number of anilines is 2. The molecule has 0 atom stereocenters. The molecule has 1 aromatic carbocycles. The van der Waals surface area contributed by atoms with Crippen molar-refractivity contribution in [2.75, 3.05) is 23.3 Å². The maximum absolute atomic E-state index is 12.2. The van der Waals surface area contributed by atoms with E-state index in [9.17, 15) is 9.59 Å². The first-order valence-electron chi connectivity index (χ1n) is 6.52. The van der Waals surface area contributed by atoms with Crippen LogP contribution in [0.5, 0.6) is 0 Å². The Bertz CT molecular complexity index is 698. The summed E-state index contributed by atoms with van der Waals surface area (Å²) >= 11 is 1.31. The Kier molecular flexibility index (Phi) is 3.57. The second-order valence-electron chi connectivity index (χ2n) is 4.65. The van der Waals surface area contributed by atoms with Gasteiger partial charge in [-0.2, -0.15) is 0 Å². The lowest BCUT2D eigenvalue weighted by Crippen LogP contribution is -2.27. The van der Waals surface area contributed by atoms with Gasteiger partial charge in [0.1, 0.15) is 4.88 Å². The van der Waals surface area contributed by atoms with Gasteiger partial charge in [0.15, 0.2) is 0 Å². The molecule has 0 saturated carbocycles. The highest BCUT2D eigenvalue weighted by Gasteiger charge is 2.21. The molecule has 0 aliphatic carbocycles. The maximum Gasteiger partial charge on any atom is 0.321 e. The van der Waals surface area contributed by atoms with Crippen molar-refractivity contribution in [3.05, 3.63) is 40.3 Å². The zero-order chi connectivity index (χ0) is 14.8. The van der Waals surface area contributed by atoms with Crippen molar-refractivity contribution in [1.82, 2.24) is 10.3 Å². The van der Waals surface area contributed by atoms with Crippen LogP contribution >= 0.6 is 11.3 Å². The lowest BCUT2D eigenvalue weighted by atomic mass is 10.2. The second-order valence-corrected chi connectivity index (χ2v) is 5.51. The number of thiazole rings is 1. The summed E-state index contributed by atoms with van der Waals surface area (Å²) in [4.78, 5) is 30.1. The van der Waals surface area contributed by atoms with Gasteiger partial charge in [-0.05, 0) is 25.1 Å². The Labute approximate surface area is 125 Å². The SMILES string of the molecule is Cc1ncsc1C(=O)Nc1cccc(N2CCNC2=O)c1. The standard InChI is InChI=1S/C14H14N4O2S/c1-9-12(21-8-16-9)13(19)17-10-3-2-4-11(7-10)18-6-5-15-14(18)20/h2-4,7-8H,5-6H2,1H3,(H,15,20)(H,17,19). The number of nitrogens with one attached hydrogen (secondary N) is 2. The van der Waals surface area contributed by atoms with Gasteiger partial charge in [-0.25, -0.2) is 9.78 Å². The van der Waals surface area contributed by atoms with E-state index in [1.54, 1.807) is 29.5 Å². The fraction of sp³-hybridized carbons (Fsp3) is 0.214. The number of carbonyl (C=O) groups excluding carboxylic acids is 2. The first kappa shape index (κ1) is 13.6. The number of amides is 3. The van der Waals surface area contributed by atoms with Gasteiger partial charge in [-0.15, -0.1) is 11.3 Å². The summed E-state index contributed by atoms with van der Waals surface area (Å²) < 4.78 is 0. The number of rotatable bonds is 3. The fourth-order valence-corrected chi connectivity index (χ4v) is 2.87. The molecule has 3 amide bonds. The third kappa shape index (κ3) is 2.73. The third-order valence-electron chi connectivity index (χ3n) is 3.22. The van der Waals surface area contributed by atoms with Crippen LogP contribution in [0.15, 0.2) is 29.8 Å². The smallest absolute Gasteiger partial charge is 0.321 e. The van der Waals surface area contributed by atoms with Crippen LogP contribution in [0.2, 0.25) is 0 Å². The zero-order valence-corrected chi connectivity index (χ0v) is 12.2. The molecule has 2 heterocycles. The van der Waals surface area contributed by atoms with Crippen molar-refractivity contribution in [2.24, 2.45) is 0 Å². The molecule has 1 aromatic heterocycles. The number of nitrogens with zero attached hydrogens (tertiary/aromatic N) is 2. The van der Waals surface area contributed by atoms with Gasteiger partial charge in [0.2, 0.25) is 0 Å². The van der Waals surface area contributed by atoms with E-state index in [0.717, 1.165) is 5.69 Å². The number of hydrogen-bond acceptors (Lipinski definition) is 4. The van der Waals surface area contributed by atoms with Crippen molar-refractivity contribution >= 4 is 34.6 Å². The van der Waals surface area contributed by atoms with Gasteiger partial charge in [0.25, 0.3) is 5.91 Å². The molecule has 2 N–H and O–H groups in total. The number of benzene rings is 1.